The third kappa shape index (κ3) is 4.37. The Kier molecular flexibility index (Phi) is 4.85. The molecule has 0 radical (unpaired) electrons. The van der Waals surface area contributed by atoms with Crippen molar-refractivity contribution in [3.8, 4) is 0 Å². The van der Waals surface area contributed by atoms with Gasteiger partial charge in [-0.25, -0.2) is 4.79 Å². The summed E-state index contributed by atoms with van der Waals surface area (Å²) in [4.78, 5) is 32.6. The number of aliphatic hydroxyl groups excluding tert-OH is 1. The summed E-state index contributed by atoms with van der Waals surface area (Å²) in [6.45, 7) is 0.348. The van der Waals surface area contributed by atoms with E-state index in [2.05, 4.69) is 16.0 Å². The number of carbonyl (C=O) groups is 3. The Hall–Kier alpha value is -1.67. The van der Waals surface area contributed by atoms with E-state index in [0.29, 0.717) is 0 Å². The van der Waals surface area contributed by atoms with Crippen LogP contribution in [0.15, 0.2) is 0 Å². The summed E-state index contributed by atoms with van der Waals surface area (Å²) in [6, 6.07) is -0.519. The minimum atomic E-state index is -1.48. The number of piperazine rings is 1. The highest BCUT2D eigenvalue weighted by molar-refractivity contribution is 5.86. The molecule has 0 aromatic carbocycles. The highest BCUT2D eigenvalue weighted by Crippen LogP contribution is 1.92. The molecule has 5 N–H and O–H groups in total. The van der Waals surface area contributed by atoms with Crippen molar-refractivity contribution in [1.29, 1.82) is 0 Å². The van der Waals surface area contributed by atoms with Gasteiger partial charge in [-0.1, -0.05) is 0 Å². The Labute approximate surface area is 97.4 Å². The molecular weight excluding hydrogens is 230 g/mol. The maximum Gasteiger partial charge on any atom is 0.332 e. The fourth-order valence-electron chi connectivity index (χ4n) is 1.33. The normalized spacial score (nSPS) is 21.5. The monoisotopic (exact) mass is 245 g/mol. The zero-order chi connectivity index (χ0) is 12.8. The van der Waals surface area contributed by atoms with Gasteiger partial charge in [0, 0.05) is 19.5 Å². The van der Waals surface area contributed by atoms with Crippen LogP contribution in [0.4, 0.5) is 0 Å². The lowest BCUT2D eigenvalue weighted by atomic mass is 10.2. The smallest absolute Gasteiger partial charge is 0.332 e. The van der Waals surface area contributed by atoms with Crippen molar-refractivity contribution >= 4 is 17.8 Å². The van der Waals surface area contributed by atoms with E-state index in [-0.39, 0.29) is 37.9 Å². The van der Waals surface area contributed by atoms with Gasteiger partial charge in [-0.3, -0.25) is 14.9 Å². The molecule has 1 heterocycles. The van der Waals surface area contributed by atoms with Crippen molar-refractivity contribution in [2.75, 3.05) is 19.6 Å². The first kappa shape index (κ1) is 13.4. The molecule has 1 aliphatic heterocycles. The Balaban J connectivity index is 2.21. The minimum absolute atomic E-state index is 0.0554. The van der Waals surface area contributed by atoms with Crippen LogP contribution < -0.4 is 16.0 Å². The molecule has 0 aromatic rings. The molecule has 2 unspecified atom stereocenters. The van der Waals surface area contributed by atoms with Crippen LogP contribution in [0, 0.1) is 0 Å². The maximum absolute atomic E-state index is 11.5. The molecule has 2 amide bonds. The van der Waals surface area contributed by atoms with E-state index < -0.39 is 18.1 Å². The summed E-state index contributed by atoms with van der Waals surface area (Å²) in [5, 5.41) is 25.1. The number of rotatable bonds is 5. The summed E-state index contributed by atoms with van der Waals surface area (Å²) >= 11 is 0. The molecule has 1 rings (SSSR count). The Morgan fingerprint density at radius 3 is 2.76 bits per heavy atom. The first-order chi connectivity index (χ1) is 8.00. The number of carbonyl (C=O) groups excluding carboxylic acids is 2. The quantitative estimate of drug-likeness (QED) is 0.352. The molecule has 96 valence electrons. The van der Waals surface area contributed by atoms with Crippen LogP contribution in [0.3, 0.4) is 0 Å². The lowest BCUT2D eigenvalue weighted by molar-refractivity contribution is -0.147. The number of aliphatic hydroxyl groups is 1. The predicted octanol–water partition coefficient (Wildman–Crippen LogP) is -2.97. The third-order valence-corrected chi connectivity index (χ3v) is 2.33. The molecule has 17 heavy (non-hydrogen) atoms. The van der Waals surface area contributed by atoms with Crippen LogP contribution >= 0.6 is 0 Å². The van der Waals surface area contributed by atoms with Gasteiger partial charge in [0.05, 0.1) is 6.54 Å². The molecule has 2 atom stereocenters. The topological polar surface area (TPSA) is 128 Å². The van der Waals surface area contributed by atoms with E-state index in [1.54, 1.807) is 0 Å². The van der Waals surface area contributed by atoms with Crippen molar-refractivity contribution in [3.05, 3.63) is 0 Å². The highest BCUT2D eigenvalue weighted by Gasteiger charge is 2.23. The van der Waals surface area contributed by atoms with Crippen molar-refractivity contribution in [1.82, 2.24) is 16.0 Å². The standard InChI is InChI=1S/C9H15N3O5/c13-6(9(16)17)1-2-10-8(15)5-3-12-7(14)4-11-5/h5-6,11,13H,1-4H2,(H,10,15)(H,12,14)(H,16,17). The maximum atomic E-state index is 11.5. The van der Waals surface area contributed by atoms with E-state index >= 15 is 0 Å². The molecular formula is C9H15N3O5. The molecule has 1 aliphatic rings. The van der Waals surface area contributed by atoms with Gasteiger partial charge in [0.15, 0.2) is 6.10 Å². The lowest BCUT2D eigenvalue weighted by Crippen LogP contribution is -2.58. The second-order valence-corrected chi connectivity index (χ2v) is 3.67. The van der Waals surface area contributed by atoms with Crippen LogP contribution in [0.1, 0.15) is 6.42 Å². The van der Waals surface area contributed by atoms with Crippen LogP contribution in [-0.4, -0.2) is 59.8 Å². The van der Waals surface area contributed by atoms with Gasteiger partial charge in [-0.15, -0.1) is 0 Å². The zero-order valence-corrected chi connectivity index (χ0v) is 9.10. The summed E-state index contributed by atoms with van der Waals surface area (Å²) < 4.78 is 0. The fourth-order valence-corrected chi connectivity index (χ4v) is 1.33. The van der Waals surface area contributed by atoms with Gasteiger partial charge in [-0.2, -0.15) is 0 Å². The van der Waals surface area contributed by atoms with Gasteiger partial charge >= 0.3 is 5.97 Å². The Morgan fingerprint density at radius 1 is 1.53 bits per heavy atom. The van der Waals surface area contributed by atoms with Gasteiger partial charge in [0.25, 0.3) is 0 Å². The number of amides is 2. The van der Waals surface area contributed by atoms with Gasteiger partial charge in [-0.05, 0) is 0 Å². The summed E-state index contributed by atoms with van der Waals surface area (Å²) in [6.07, 6.45) is -1.53. The average molecular weight is 245 g/mol. The third-order valence-electron chi connectivity index (χ3n) is 2.33. The Bertz CT molecular complexity index is 310. The minimum Gasteiger partial charge on any atom is -0.479 e. The number of hydrogen-bond donors (Lipinski definition) is 5. The van der Waals surface area contributed by atoms with Gasteiger partial charge in [0.1, 0.15) is 6.04 Å². The highest BCUT2D eigenvalue weighted by atomic mass is 16.4. The molecule has 8 nitrogen and oxygen atoms in total. The molecule has 8 heteroatoms. The van der Waals surface area contributed by atoms with Gasteiger partial charge in [0.2, 0.25) is 11.8 Å². The molecule has 0 aromatic heterocycles. The number of hydrogen-bond acceptors (Lipinski definition) is 5. The van der Waals surface area contributed by atoms with Crippen molar-refractivity contribution in [3.63, 3.8) is 0 Å². The molecule has 1 fully saturated rings. The second kappa shape index (κ2) is 6.16. The van der Waals surface area contributed by atoms with E-state index in [4.69, 9.17) is 10.2 Å². The average Bonchev–Trinajstić information content (AvgIpc) is 2.29. The number of carboxylic acids is 1. The number of aliphatic carboxylic acids is 1. The molecule has 0 aliphatic carbocycles. The zero-order valence-electron chi connectivity index (χ0n) is 9.10. The second-order valence-electron chi connectivity index (χ2n) is 3.67. The molecule has 0 saturated carbocycles. The predicted molar refractivity (Wildman–Crippen MR) is 56.1 cm³/mol. The molecule has 0 bridgehead atoms. The van der Waals surface area contributed by atoms with E-state index in [0.717, 1.165) is 0 Å². The van der Waals surface area contributed by atoms with Crippen molar-refractivity contribution < 1.29 is 24.6 Å². The van der Waals surface area contributed by atoms with Crippen LogP contribution in [0.5, 0.6) is 0 Å². The molecule has 1 saturated heterocycles. The number of nitrogens with one attached hydrogen (secondary N) is 3. The SMILES string of the molecule is O=C1CNC(C(=O)NCCC(O)C(=O)O)CN1. The van der Waals surface area contributed by atoms with E-state index in [9.17, 15) is 14.4 Å². The first-order valence-corrected chi connectivity index (χ1v) is 5.19. The summed E-state index contributed by atoms with van der Waals surface area (Å²) in [5.41, 5.74) is 0. The van der Waals surface area contributed by atoms with Crippen molar-refractivity contribution in [2.24, 2.45) is 0 Å². The fraction of sp³-hybridized carbons (Fsp3) is 0.667. The van der Waals surface area contributed by atoms with Crippen LogP contribution in [0.2, 0.25) is 0 Å². The largest absolute Gasteiger partial charge is 0.479 e. The van der Waals surface area contributed by atoms with Crippen LogP contribution in [0.25, 0.3) is 0 Å². The lowest BCUT2D eigenvalue weighted by Gasteiger charge is -2.23. The Morgan fingerprint density at radius 2 is 2.24 bits per heavy atom. The number of carboxylic acid groups (broad SMARTS) is 1. The first-order valence-electron chi connectivity index (χ1n) is 5.19. The van der Waals surface area contributed by atoms with E-state index in [1.165, 1.54) is 0 Å². The van der Waals surface area contributed by atoms with Gasteiger partial charge < -0.3 is 20.8 Å². The van der Waals surface area contributed by atoms with E-state index in [1.807, 2.05) is 0 Å². The van der Waals surface area contributed by atoms with Crippen molar-refractivity contribution in [2.45, 2.75) is 18.6 Å². The molecule has 0 spiro atoms. The summed E-state index contributed by atoms with van der Waals surface area (Å²) in [7, 11) is 0. The van der Waals surface area contributed by atoms with Crippen LogP contribution in [-0.2, 0) is 14.4 Å². The summed E-state index contributed by atoms with van der Waals surface area (Å²) in [5.74, 6) is -1.82.